The number of carbonyl (C=O) groups excluding carboxylic acids is 2. The number of piperidine rings is 1. The van der Waals surface area contributed by atoms with Crippen LogP contribution in [0.1, 0.15) is 42.6 Å². The molecule has 0 radical (unpaired) electrons. The van der Waals surface area contributed by atoms with Crippen molar-refractivity contribution in [3.05, 3.63) is 53.6 Å². The van der Waals surface area contributed by atoms with Crippen LogP contribution < -0.4 is 5.32 Å². The molecule has 2 aliphatic rings. The van der Waals surface area contributed by atoms with Gasteiger partial charge in [-0.2, -0.15) is 0 Å². The highest BCUT2D eigenvalue weighted by Gasteiger charge is 2.25. The molecular formula is C23H31N5O2. The number of nitrogens with one attached hydrogen (secondary N) is 1. The van der Waals surface area contributed by atoms with Crippen molar-refractivity contribution in [1.29, 1.82) is 0 Å². The first-order valence-corrected chi connectivity index (χ1v) is 10.9. The Labute approximate surface area is 178 Å². The molecule has 30 heavy (non-hydrogen) atoms. The lowest BCUT2D eigenvalue weighted by atomic mass is 9.95. The number of carbonyl (C=O) groups is 2. The molecule has 0 aliphatic carbocycles. The van der Waals surface area contributed by atoms with Crippen molar-refractivity contribution in [2.45, 2.75) is 45.3 Å². The van der Waals surface area contributed by atoms with Crippen LogP contribution in [-0.2, 0) is 36.3 Å². The maximum atomic E-state index is 12.7. The Kier molecular flexibility index (Phi) is 6.47. The van der Waals surface area contributed by atoms with Crippen LogP contribution in [0.15, 0.2) is 36.7 Å². The summed E-state index contributed by atoms with van der Waals surface area (Å²) in [6.45, 7) is 4.72. The molecule has 7 heteroatoms. The Balaban J connectivity index is 1.23. The monoisotopic (exact) mass is 409 g/mol. The molecule has 0 bridgehead atoms. The van der Waals surface area contributed by atoms with Gasteiger partial charge in [-0.3, -0.25) is 14.5 Å². The van der Waals surface area contributed by atoms with Gasteiger partial charge in [0, 0.05) is 51.4 Å². The van der Waals surface area contributed by atoms with Crippen molar-refractivity contribution in [3.63, 3.8) is 0 Å². The Morgan fingerprint density at radius 2 is 1.97 bits per heavy atom. The van der Waals surface area contributed by atoms with E-state index in [0.29, 0.717) is 19.5 Å². The number of rotatable bonds is 7. The molecule has 0 saturated carbocycles. The lowest BCUT2D eigenvalue weighted by Gasteiger charge is -2.31. The molecule has 4 rings (SSSR count). The van der Waals surface area contributed by atoms with Crippen LogP contribution in [0.3, 0.4) is 0 Å². The maximum Gasteiger partial charge on any atom is 0.223 e. The molecule has 3 heterocycles. The summed E-state index contributed by atoms with van der Waals surface area (Å²) in [6.07, 6.45) is 7.17. The van der Waals surface area contributed by atoms with Gasteiger partial charge in [-0.15, -0.1) is 0 Å². The largest absolute Gasteiger partial charge is 0.352 e. The van der Waals surface area contributed by atoms with E-state index in [9.17, 15) is 9.59 Å². The van der Waals surface area contributed by atoms with Crippen molar-refractivity contribution in [1.82, 2.24) is 24.7 Å². The predicted molar refractivity (Wildman–Crippen MR) is 114 cm³/mol. The fourth-order valence-electron chi connectivity index (χ4n) is 4.37. The van der Waals surface area contributed by atoms with E-state index in [4.69, 9.17) is 0 Å². The highest BCUT2D eigenvalue weighted by molar-refractivity contribution is 5.79. The van der Waals surface area contributed by atoms with Crippen molar-refractivity contribution < 1.29 is 9.59 Å². The first-order chi connectivity index (χ1) is 14.6. The lowest BCUT2D eigenvalue weighted by Crippen LogP contribution is -2.40. The Morgan fingerprint density at radius 3 is 2.67 bits per heavy atom. The zero-order valence-corrected chi connectivity index (χ0v) is 17.7. The van der Waals surface area contributed by atoms with Crippen LogP contribution in [0, 0.1) is 5.92 Å². The van der Waals surface area contributed by atoms with Crippen molar-refractivity contribution in [2.24, 2.45) is 13.0 Å². The molecule has 0 unspecified atom stereocenters. The molecule has 0 spiro atoms. The average Bonchev–Trinajstić information content (AvgIpc) is 3.35. The fraction of sp³-hybridized carbons (Fsp3) is 0.522. The summed E-state index contributed by atoms with van der Waals surface area (Å²) in [6, 6.07) is 8.19. The number of hydrogen-bond acceptors (Lipinski definition) is 4. The van der Waals surface area contributed by atoms with E-state index in [-0.39, 0.29) is 17.7 Å². The highest BCUT2D eigenvalue weighted by Crippen LogP contribution is 2.19. The summed E-state index contributed by atoms with van der Waals surface area (Å²) >= 11 is 0. The average molecular weight is 410 g/mol. The molecule has 2 aliphatic heterocycles. The van der Waals surface area contributed by atoms with Crippen LogP contribution in [-0.4, -0.2) is 50.8 Å². The second kappa shape index (κ2) is 9.43. The maximum absolute atomic E-state index is 12.7. The van der Waals surface area contributed by atoms with Gasteiger partial charge in [-0.1, -0.05) is 24.3 Å². The van der Waals surface area contributed by atoms with Gasteiger partial charge in [-0.25, -0.2) is 4.98 Å². The number of amides is 2. The summed E-state index contributed by atoms with van der Waals surface area (Å²) in [5, 5.41) is 3.11. The van der Waals surface area contributed by atoms with Crippen LogP contribution in [0.2, 0.25) is 0 Å². The number of aromatic nitrogens is 2. The van der Waals surface area contributed by atoms with Gasteiger partial charge >= 0.3 is 0 Å². The standard InChI is InChI=1S/C23H31N5O2/c1-26-13-9-24-21(26)17-27-11-7-20(8-12-27)23(30)25-15-18-4-2-5-19(14-18)16-28-10-3-6-22(28)29/h2,4-5,9,13-14,20H,3,6-8,10-12,15-17H2,1H3,(H,25,30). The van der Waals surface area contributed by atoms with Gasteiger partial charge in [0.05, 0.1) is 6.54 Å². The Hall–Kier alpha value is -2.67. The van der Waals surface area contributed by atoms with Gasteiger partial charge in [0.2, 0.25) is 11.8 Å². The van der Waals surface area contributed by atoms with E-state index in [0.717, 1.165) is 62.4 Å². The number of benzene rings is 1. The van der Waals surface area contributed by atoms with E-state index in [2.05, 4.69) is 21.3 Å². The molecule has 2 amide bonds. The smallest absolute Gasteiger partial charge is 0.223 e. The van der Waals surface area contributed by atoms with Crippen LogP contribution in [0.5, 0.6) is 0 Å². The zero-order chi connectivity index (χ0) is 20.9. The minimum atomic E-state index is 0.0769. The number of imidazole rings is 1. The third kappa shape index (κ3) is 5.08. The van der Waals surface area contributed by atoms with E-state index >= 15 is 0 Å². The van der Waals surface area contributed by atoms with Crippen LogP contribution in [0.4, 0.5) is 0 Å². The van der Waals surface area contributed by atoms with E-state index in [1.165, 1.54) is 0 Å². The van der Waals surface area contributed by atoms with Gasteiger partial charge in [0.1, 0.15) is 5.82 Å². The van der Waals surface area contributed by atoms with Gasteiger partial charge in [-0.05, 0) is 43.5 Å². The summed E-state index contributed by atoms with van der Waals surface area (Å²) in [5.41, 5.74) is 2.21. The number of likely N-dealkylation sites (tertiary alicyclic amines) is 2. The lowest BCUT2D eigenvalue weighted by molar-refractivity contribution is -0.128. The van der Waals surface area contributed by atoms with Crippen LogP contribution >= 0.6 is 0 Å². The molecule has 2 fully saturated rings. The van der Waals surface area contributed by atoms with Gasteiger partial charge < -0.3 is 14.8 Å². The summed E-state index contributed by atoms with van der Waals surface area (Å²) in [4.78, 5) is 33.2. The van der Waals surface area contributed by atoms with Crippen molar-refractivity contribution >= 4 is 11.8 Å². The second-order valence-corrected chi connectivity index (χ2v) is 8.46. The quantitative estimate of drug-likeness (QED) is 0.760. The molecule has 1 N–H and O–H groups in total. The Bertz CT molecular complexity index is 885. The van der Waals surface area contributed by atoms with E-state index < -0.39 is 0 Å². The third-order valence-electron chi connectivity index (χ3n) is 6.25. The predicted octanol–water partition coefficient (Wildman–Crippen LogP) is 2.07. The molecule has 1 aromatic heterocycles. The van der Waals surface area contributed by atoms with E-state index in [1.807, 2.05) is 47.1 Å². The fourth-order valence-corrected chi connectivity index (χ4v) is 4.37. The first-order valence-electron chi connectivity index (χ1n) is 10.9. The SMILES string of the molecule is Cn1ccnc1CN1CCC(C(=O)NCc2cccc(CN3CCCC3=O)c2)CC1. The minimum absolute atomic E-state index is 0.0769. The summed E-state index contributed by atoms with van der Waals surface area (Å²) < 4.78 is 2.05. The highest BCUT2D eigenvalue weighted by atomic mass is 16.2. The number of nitrogens with zero attached hydrogens (tertiary/aromatic N) is 4. The first kappa shape index (κ1) is 20.6. The Morgan fingerprint density at radius 1 is 1.17 bits per heavy atom. The third-order valence-corrected chi connectivity index (χ3v) is 6.25. The molecule has 7 nitrogen and oxygen atoms in total. The van der Waals surface area contributed by atoms with Crippen molar-refractivity contribution in [2.75, 3.05) is 19.6 Å². The summed E-state index contributed by atoms with van der Waals surface area (Å²) in [5.74, 6) is 1.52. The normalized spacial score (nSPS) is 18.2. The minimum Gasteiger partial charge on any atom is -0.352 e. The van der Waals surface area contributed by atoms with Crippen molar-refractivity contribution in [3.8, 4) is 0 Å². The topological polar surface area (TPSA) is 70.5 Å². The van der Waals surface area contributed by atoms with Crippen LogP contribution in [0.25, 0.3) is 0 Å². The number of aryl methyl sites for hydroxylation is 1. The van der Waals surface area contributed by atoms with E-state index in [1.54, 1.807) is 0 Å². The number of hydrogen-bond donors (Lipinski definition) is 1. The van der Waals surface area contributed by atoms with Gasteiger partial charge in [0.15, 0.2) is 0 Å². The summed E-state index contributed by atoms with van der Waals surface area (Å²) in [7, 11) is 2.01. The second-order valence-electron chi connectivity index (χ2n) is 8.46. The molecule has 1 aromatic carbocycles. The molecule has 2 saturated heterocycles. The van der Waals surface area contributed by atoms with Gasteiger partial charge in [0.25, 0.3) is 0 Å². The zero-order valence-electron chi connectivity index (χ0n) is 17.7. The molecular weight excluding hydrogens is 378 g/mol. The molecule has 2 aromatic rings. The molecule has 0 atom stereocenters. The molecule has 160 valence electrons.